The van der Waals surface area contributed by atoms with Crippen molar-refractivity contribution in [3.63, 3.8) is 0 Å². The Labute approximate surface area is 129 Å². The summed E-state index contributed by atoms with van der Waals surface area (Å²) in [5.41, 5.74) is -0.386. The minimum absolute atomic E-state index is 0. The van der Waals surface area contributed by atoms with Crippen LogP contribution in [0.15, 0.2) is 29.3 Å². The van der Waals surface area contributed by atoms with Crippen LogP contribution in [0.4, 0.5) is 4.39 Å². The Hall–Kier alpha value is -0.890. The predicted octanol–water partition coefficient (Wildman–Crippen LogP) is 1.59. The molecule has 106 valence electrons. The van der Waals surface area contributed by atoms with Crippen molar-refractivity contribution in [3.8, 4) is 0 Å². The standard InChI is InChI=1S/C13H18FN3O.HI/c1-13(18,10-3-5-11(14)6-4-10)9-17-12-15-7-2-8-16-12;/h3-6,18H,2,7-9H2,1H3,(H2,15,16,17);1H. The number of hydrogen-bond acceptors (Lipinski definition) is 4. The van der Waals surface area contributed by atoms with Gasteiger partial charge in [0.25, 0.3) is 0 Å². The van der Waals surface area contributed by atoms with Crippen LogP contribution in [-0.4, -0.2) is 30.7 Å². The van der Waals surface area contributed by atoms with Gasteiger partial charge in [0.2, 0.25) is 0 Å². The Bertz CT molecular complexity index is 434. The van der Waals surface area contributed by atoms with Crippen LogP contribution in [0.25, 0.3) is 0 Å². The molecule has 1 atom stereocenters. The van der Waals surface area contributed by atoms with Gasteiger partial charge in [0.1, 0.15) is 11.4 Å². The molecule has 0 fully saturated rings. The van der Waals surface area contributed by atoms with Crippen LogP contribution in [0.3, 0.4) is 0 Å². The van der Waals surface area contributed by atoms with Crippen molar-refractivity contribution in [1.82, 2.24) is 10.6 Å². The summed E-state index contributed by atoms with van der Waals surface area (Å²) in [6, 6.07) is 5.88. The molecule has 1 aromatic carbocycles. The number of nitrogens with one attached hydrogen (secondary N) is 2. The van der Waals surface area contributed by atoms with Crippen LogP contribution >= 0.6 is 24.0 Å². The van der Waals surface area contributed by atoms with Crippen LogP contribution in [0.2, 0.25) is 0 Å². The number of guanidine groups is 1. The van der Waals surface area contributed by atoms with Gasteiger partial charge < -0.3 is 15.7 Å². The van der Waals surface area contributed by atoms with Crippen molar-refractivity contribution >= 4 is 29.9 Å². The van der Waals surface area contributed by atoms with Crippen molar-refractivity contribution < 1.29 is 9.50 Å². The van der Waals surface area contributed by atoms with E-state index in [1.165, 1.54) is 12.1 Å². The summed E-state index contributed by atoms with van der Waals surface area (Å²) in [5, 5.41) is 16.5. The van der Waals surface area contributed by atoms with Crippen molar-refractivity contribution in [2.45, 2.75) is 18.9 Å². The van der Waals surface area contributed by atoms with Gasteiger partial charge in [-0.3, -0.25) is 4.99 Å². The number of nitrogens with zero attached hydrogens (tertiary/aromatic N) is 1. The van der Waals surface area contributed by atoms with Crippen LogP contribution < -0.4 is 10.6 Å². The van der Waals surface area contributed by atoms with Gasteiger partial charge in [0.15, 0.2) is 5.96 Å². The highest BCUT2D eigenvalue weighted by Gasteiger charge is 2.23. The first kappa shape index (κ1) is 16.2. The lowest BCUT2D eigenvalue weighted by atomic mass is 9.96. The number of rotatable bonds is 3. The van der Waals surface area contributed by atoms with Gasteiger partial charge in [0, 0.05) is 13.1 Å². The minimum Gasteiger partial charge on any atom is -0.384 e. The van der Waals surface area contributed by atoms with Crippen LogP contribution in [-0.2, 0) is 5.60 Å². The average Bonchev–Trinajstić information content (AvgIpc) is 2.38. The van der Waals surface area contributed by atoms with Crippen molar-refractivity contribution in [2.75, 3.05) is 19.6 Å². The summed E-state index contributed by atoms with van der Waals surface area (Å²) in [4.78, 5) is 4.26. The molecule has 0 saturated carbocycles. The fraction of sp³-hybridized carbons (Fsp3) is 0.462. The maximum atomic E-state index is 12.8. The fourth-order valence-electron chi connectivity index (χ4n) is 1.82. The molecule has 4 nitrogen and oxygen atoms in total. The molecule has 2 rings (SSSR count). The predicted molar refractivity (Wildman–Crippen MR) is 84.3 cm³/mol. The summed E-state index contributed by atoms with van der Waals surface area (Å²) in [5.74, 6) is 0.407. The van der Waals surface area contributed by atoms with Crippen LogP contribution in [0.1, 0.15) is 18.9 Å². The molecule has 0 spiro atoms. The Morgan fingerprint density at radius 3 is 2.68 bits per heavy atom. The van der Waals surface area contributed by atoms with Gasteiger partial charge in [-0.1, -0.05) is 12.1 Å². The second-order valence-electron chi connectivity index (χ2n) is 4.64. The zero-order chi connectivity index (χ0) is 13.0. The van der Waals surface area contributed by atoms with Gasteiger partial charge in [-0.2, -0.15) is 0 Å². The molecular weight excluding hydrogens is 360 g/mol. The normalized spacial score (nSPS) is 17.5. The van der Waals surface area contributed by atoms with Gasteiger partial charge in [-0.05, 0) is 31.0 Å². The first-order valence-corrected chi connectivity index (χ1v) is 6.08. The molecule has 1 unspecified atom stereocenters. The van der Waals surface area contributed by atoms with Crippen molar-refractivity contribution in [1.29, 1.82) is 0 Å². The third kappa shape index (κ3) is 4.61. The first-order chi connectivity index (χ1) is 8.58. The highest BCUT2D eigenvalue weighted by Crippen LogP contribution is 2.19. The third-order valence-electron chi connectivity index (χ3n) is 2.96. The summed E-state index contributed by atoms with van der Waals surface area (Å²) >= 11 is 0. The topological polar surface area (TPSA) is 56.6 Å². The third-order valence-corrected chi connectivity index (χ3v) is 2.96. The highest BCUT2D eigenvalue weighted by atomic mass is 127. The maximum absolute atomic E-state index is 12.8. The van der Waals surface area contributed by atoms with Crippen LogP contribution in [0, 0.1) is 5.82 Å². The molecule has 0 radical (unpaired) electrons. The summed E-state index contributed by atoms with van der Waals surface area (Å²) in [7, 11) is 0. The largest absolute Gasteiger partial charge is 0.384 e. The number of benzene rings is 1. The van der Waals surface area contributed by atoms with E-state index < -0.39 is 5.60 Å². The first-order valence-electron chi connectivity index (χ1n) is 6.08. The lowest BCUT2D eigenvalue weighted by molar-refractivity contribution is 0.0616. The average molecular weight is 379 g/mol. The summed E-state index contributed by atoms with van der Waals surface area (Å²) in [6.07, 6.45) is 1.03. The Balaban J connectivity index is 0.00000180. The second-order valence-corrected chi connectivity index (χ2v) is 4.64. The van der Waals surface area contributed by atoms with Gasteiger partial charge in [-0.25, -0.2) is 4.39 Å². The lowest BCUT2D eigenvalue weighted by Gasteiger charge is -2.26. The fourth-order valence-corrected chi connectivity index (χ4v) is 1.82. The molecule has 0 aliphatic carbocycles. The molecule has 1 heterocycles. The Kier molecular flexibility index (Phi) is 5.99. The van der Waals surface area contributed by atoms with Gasteiger partial charge in [0.05, 0.1) is 6.54 Å². The molecule has 1 aliphatic rings. The van der Waals surface area contributed by atoms with E-state index in [2.05, 4.69) is 15.6 Å². The summed E-state index contributed by atoms with van der Waals surface area (Å²) in [6.45, 7) is 3.71. The minimum atomic E-state index is -1.06. The Morgan fingerprint density at radius 1 is 1.42 bits per heavy atom. The van der Waals surface area contributed by atoms with E-state index in [1.54, 1.807) is 19.1 Å². The second kappa shape index (κ2) is 7.04. The van der Waals surface area contributed by atoms with Gasteiger partial charge >= 0.3 is 0 Å². The number of hydrogen-bond donors (Lipinski definition) is 3. The lowest BCUT2D eigenvalue weighted by Crippen LogP contribution is -2.46. The Morgan fingerprint density at radius 2 is 2.11 bits per heavy atom. The molecule has 3 N–H and O–H groups in total. The number of aliphatic imine (C=N–C) groups is 1. The van der Waals surface area contributed by atoms with Crippen molar-refractivity contribution in [3.05, 3.63) is 35.6 Å². The number of aliphatic hydroxyl groups is 1. The number of halogens is 2. The van der Waals surface area contributed by atoms with E-state index in [-0.39, 0.29) is 29.8 Å². The highest BCUT2D eigenvalue weighted by molar-refractivity contribution is 14.0. The quantitative estimate of drug-likeness (QED) is 0.700. The molecule has 19 heavy (non-hydrogen) atoms. The molecule has 1 aliphatic heterocycles. The van der Waals surface area contributed by atoms with E-state index in [0.29, 0.717) is 18.1 Å². The molecule has 0 saturated heterocycles. The van der Waals surface area contributed by atoms with Crippen LogP contribution in [0.5, 0.6) is 0 Å². The molecule has 0 bridgehead atoms. The monoisotopic (exact) mass is 379 g/mol. The zero-order valence-corrected chi connectivity index (χ0v) is 13.1. The van der Waals surface area contributed by atoms with Gasteiger partial charge in [-0.15, -0.1) is 24.0 Å². The molecule has 1 aromatic rings. The van der Waals surface area contributed by atoms with E-state index in [1.807, 2.05) is 0 Å². The molecule has 6 heteroatoms. The molecule has 0 aromatic heterocycles. The van der Waals surface area contributed by atoms with Crippen molar-refractivity contribution in [2.24, 2.45) is 4.99 Å². The molecular formula is C13H19FIN3O. The SMILES string of the molecule is CC(O)(CNC1=NCCCN1)c1ccc(F)cc1.I. The summed E-state index contributed by atoms with van der Waals surface area (Å²) < 4.78 is 12.8. The smallest absolute Gasteiger partial charge is 0.191 e. The molecule has 0 amide bonds. The van der Waals surface area contributed by atoms with E-state index in [4.69, 9.17) is 0 Å². The zero-order valence-electron chi connectivity index (χ0n) is 10.8. The van der Waals surface area contributed by atoms with E-state index >= 15 is 0 Å². The van der Waals surface area contributed by atoms with E-state index in [0.717, 1.165) is 19.5 Å². The van der Waals surface area contributed by atoms with E-state index in [9.17, 15) is 9.50 Å². The maximum Gasteiger partial charge on any atom is 0.191 e.